The third kappa shape index (κ3) is 2.58. The lowest BCUT2D eigenvalue weighted by molar-refractivity contribution is 0.174. The molecule has 0 fully saturated rings. The molecule has 1 atom stereocenters. The van der Waals surface area contributed by atoms with E-state index in [1.54, 1.807) is 29.9 Å². The van der Waals surface area contributed by atoms with Gasteiger partial charge in [0.1, 0.15) is 16.3 Å². The van der Waals surface area contributed by atoms with E-state index in [1.807, 2.05) is 18.2 Å². The number of rotatable bonds is 4. The summed E-state index contributed by atoms with van der Waals surface area (Å²) in [5.41, 5.74) is 4.57. The summed E-state index contributed by atoms with van der Waals surface area (Å²) in [7, 11) is 0. The summed E-state index contributed by atoms with van der Waals surface area (Å²) in [6.07, 6.45) is 9.76. The van der Waals surface area contributed by atoms with Crippen LogP contribution in [0.1, 0.15) is 34.8 Å². The second-order valence-corrected chi connectivity index (χ2v) is 8.87. The standard InChI is InChI=1S/C23H17N5O2S/c1-2-13-14(3-1)20-18(13)19-22(26-9-12-4-5-16-17(8-12)30-11-29-16)27-21(28-23(19)31-20)15-10-24-6-7-25-15/h2,4-8,10,14H,1,3,9,11H2,(H,26,27,28). The fraction of sp³-hybridized carbons (Fsp3) is 0.217. The van der Waals surface area contributed by atoms with Gasteiger partial charge in [-0.25, -0.2) is 15.0 Å². The van der Waals surface area contributed by atoms with Gasteiger partial charge in [0, 0.05) is 35.3 Å². The Labute approximate surface area is 181 Å². The molecule has 0 saturated carbocycles. The number of benzene rings is 1. The first-order valence-electron chi connectivity index (χ1n) is 10.3. The summed E-state index contributed by atoms with van der Waals surface area (Å²) in [6.45, 7) is 0.896. The highest BCUT2D eigenvalue weighted by Crippen LogP contribution is 2.59. The number of nitrogens with one attached hydrogen (secondary N) is 1. The van der Waals surface area contributed by atoms with Gasteiger partial charge in [0.2, 0.25) is 6.79 Å². The number of hydrogen-bond acceptors (Lipinski definition) is 8. The summed E-state index contributed by atoms with van der Waals surface area (Å²) in [6, 6.07) is 6.01. The van der Waals surface area contributed by atoms with Gasteiger partial charge in [0.15, 0.2) is 17.3 Å². The average Bonchev–Trinajstić information content (AvgIpc) is 3.51. The highest BCUT2D eigenvalue weighted by atomic mass is 32.1. The number of nitrogens with zero attached hydrogens (tertiary/aromatic N) is 4. The van der Waals surface area contributed by atoms with Crippen LogP contribution in [0.4, 0.5) is 5.82 Å². The van der Waals surface area contributed by atoms with Crippen LogP contribution < -0.4 is 14.8 Å². The minimum absolute atomic E-state index is 0.275. The predicted octanol–water partition coefficient (Wildman–Crippen LogP) is 4.76. The van der Waals surface area contributed by atoms with Crippen LogP contribution in [-0.2, 0) is 6.54 Å². The molecule has 1 aliphatic heterocycles. The second kappa shape index (κ2) is 6.49. The first kappa shape index (κ1) is 17.2. The zero-order chi connectivity index (χ0) is 20.4. The summed E-state index contributed by atoms with van der Waals surface area (Å²) < 4.78 is 10.9. The first-order chi connectivity index (χ1) is 15.3. The maximum atomic E-state index is 5.52. The molecule has 1 aromatic carbocycles. The van der Waals surface area contributed by atoms with Crippen molar-refractivity contribution in [3.05, 3.63) is 58.9 Å². The van der Waals surface area contributed by atoms with Gasteiger partial charge in [-0.3, -0.25) is 4.98 Å². The zero-order valence-electron chi connectivity index (χ0n) is 16.5. The molecule has 7 rings (SSSR count). The van der Waals surface area contributed by atoms with Crippen LogP contribution in [0, 0.1) is 0 Å². The third-order valence-electron chi connectivity index (χ3n) is 6.07. The van der Waals surface area contributed by atoms with Crippen LogP contribution in [0.3, 0.4) is 0 Å². The summed E-state index contributed by atoms with van der Waals surface area (Å²) in [5, 5.41) is 4.68. The molecule has 0 saturated heterocycles. The second-order valence-electron chi connectivity index (χ2n) is 7.84. The molecule has 3 aliphatic rings. The van der Waals surface area contributed by atoms with Gasteiger partial charge in [-0.2, -0.15) is 0 Å². The van der Waals surface area contributed by atoms with Gasteiger partial charge < -0.3 is 14.8 Å². The molecule has 0 amide bonds. The Morgan fingerprint density at radius 2 is 2.10 bits per heavy atom. The molecule has 31 heavy (non-hydrogen) atoms. The van der Waals surface area contributed by atoms with Gasteiger partial charge in [0.25, 0.3) is 0 Å². The van der Waals surface area contributed by atoms with Crippen molar-refractivity contribution in [3.63, 3.8) is 0 Å². The highest BCUT2D eigenvalue weighted by Gasteiger charge is 2.39. The van der Waals surface area contributed by atoms with E-state index in [0.717, 1.165) is 39.5 Å². The van der Waals surface area contributed by atoms with E-state index in [9.17, 15) is 0 Å². The molecule has 1 N–H and O–H groups in total. The third-order valence-corrected chi connectivity index (χ3v) is 7.27. The smallest absolute Gasteiger partial charge is 0.231 e. The van der Waals surface area contributed by atoms with Gasteiger partial charge in [-0.05, 0) is 36.1 Å². The van der Waals surface area contributed by atoms with Crippen molar-refractivity contribution in [2.45, 2.75) is 25.3 Å². The molecule has 3 aromatic heterocycles. The van der Waals surface area contributed by atoms with Crippen molar-refractivity contribution in [1.82, 2.24) is 19.9 Å². The first-order valence-corrected chi connectivity index (χ1v) is 11.1. The van der Waals surface area contributed by atoms with Crippen molar-refractivity contribution in [1.29, 1.82) is 0 Å². The Kier molecular flexibility index (Phi) is 3.60. The number of ether oxygens (including phenoxy) is 2. The van der Waals surface area contributed by atoms with Gasteiger partial charge in [0.05, 0.1) is 11.6 Å². The van der Waals surface area contributed by atoms with Gasteiger partial charge in [-0.1, -0.05) is 12.1 Å². The van der Waals surface area contributed by atoms with Crippen LogP contribution >= 0.6 is 11.3 Å². The van der Waals surface area contributed by atoms with Gasteiger partial charge >= 0.3 is 0 Å². The van der Waals surface area contributed by atoms with Crippen LogP contribution in [-0.4, -0.2) is 26.7 Å². The summed E-state index contributed by atoms with van der Waals surface area (Å²) >= 11 is 1.79. The van der Waals surface area contributed by atoms with Gasteiger partial charge in [-0.15, -0.1) is 11.3 Å². The molecule has 7 nitrogen and oxygen atoms in total. The normalized spacial score (nSPS) is 17.8. The van der Waals surface area contributed by atoms with Crippen LogP contribution in [0.25, 0.3) is 27.3 Å². The van der Waals surface area contributed by atoms with Crippen molar-refractivity contribution >= 4 is 32.9 Å². The molecule has 152 valence electrons. The van der Waals surface area contributed by atoms with E-state index in [4.69, 9.17) is 19.4 Å². The Morgan fingerprint density at radius 3 is 3.03 bits per heavy atom. The van der Waals surface area contributed by atoms with E-state index in [1.165, 1.54) is 22.4 Å². The highest BCUT2D eigenvalue weighted by molar-refractivity contribution is 7.19. The summed E-state index contributed by atoms with van der Waals surface area (Å²) in [4.78, 5) is 20.8. The topological polar surface area (TPSA) is 82.1 Å². The molecule has 2 aliphatic carbocycles. The maximum absolute atomic E-state index is 5.52. The lowest BCUT2D eigenvalue weighted by Gasteiger charge is -2.26. The Morgan fingerprint density at radius 1 is 1.13 bits per heavy atom. The minimum Gasteiger partial charge on any atom is -0.454 e. The predicted molar refractivity (Wildman–Crippen MR) is 118 cm³/mol. The lowest BCUT2D eigenvalue weighted by Crippen LogP contribution is -2.10. The molecule has 0 radical (unpaired) electrons. The average molecular weight is 427 g/mol. The fourth-order valence-electron chi connectivity index (χ4n) is 4.62. The molecule has 1 unspecified atom stereocenters. The number of thiophene rings is 1. The monoisotopic (exact) mass is 427 g/mol. The number of fused-ring (bicyclic) bond motifs is 7. The molecule has 4 aromatic rings. The van der Waals surface area contributed by atoms with Crippen LogP contribution in [0.15, 0.2) is 42.9 Å². The molecular weight excluding hydrogens is 410 g/mol. The van der Waals surface area contributed by atoms with Crippen LogP contribution in [0.2, 0.25) is 0 Å². The Bertz CT molecular complexity index is 1380. The Hall–Kier alpha value is -3.52. The largest absolute Gasteiger partial charge is 0.454 e. The lowest BCUT2D eigenvalue weighted by atomic mass is 9.80. The fourth-order valence-corrected chi connectivity index (χ4v) is 5.97. The number of hydrogen-bond donors (Lipinski definition) is 1. The van der Waals surface area contributed by atoms with E-state index in [2.05, 4.69) is 21.4 Å². The van der Waals surface area contributed by atoms with E-state index in [-0.39, 0.29) is 6.79 Å². The quantitative estimate of drug-likeness (QED) is 0.503. The van der Waals surface area contributed by atoms with Crippen molar-refractivity contribution < 1.29 is 9.47 Å². The van der Waals surface area contributed by atoms with Crippen LogP contribution in [0.5, 0.6) is 11.5 Å². The van der Waals surface area contributed by atoms with Crippen molar-refractivity contribution in [2.24, 2.45) is 0 Å². The minimum atomic E-state index is 0.275. The van der Waals surface area contributed by atoms with Crippen molar-refractivity contribution in [2.75, 3.05) is 12.1 Å². The Balaban J connectivity index is 1.32. The van der Waals surface area contributed by atoms with E-state index < -0.39 is 0 Å². The number of allylic oxidation sites excluding steroid dienone is 2. The zero-order valence-corrected chi connectivity index (χ0v) is 17.3. The van der Waals surface area contributed by atoms with Crippen molar-refractivity contribution in [3.8, 4) is 23.0 Å². The summed E-state index contributed by atoms with van der Waals surface area (Å²) in [5.74, 6) is 3.58. The molecule has 0 bridgehead atoms. The molecular formula is C23H17N5O2S. The van der Waals surface area contributed by atoms with E-state index >= 15 is 0 Å². The van der Waals surface area contributed by atoms with E-state index in [0.29, 0.717) is 24.0 Å². The number of anilines is 1. The SMILES string of the molecule is C1=C2c3c(sc4nc(-c5cnccn5)nc(NCc5ccc6c(c5)OCO6)c34)C2CC1. The number of aromatic nitrogens is 4. The molecule has 4 heterocycles. The molecule has 0 spiro atoms. The maximum Gasteiger partial charge on any atom is 0.231 e. The molecule has 8 heteroatoms.